The van der Waals surface area contributed by atoms with E-state index in [1.807, 2.05) is 6.07 Å². The molecule has 0 aliphatic rings. The van der Waals surface area contributed by atoms with Crippen LogP contribution in [0.3, 0.4) is 0 Å². The first kappa shape index (κ1) is 15.4. The number of hydrogen-bond donors (Lipinski definition) is 0. The van der Waals surface area contributed by atoms with Crippen LogP contribution in [-0.4, -0.2) is 16.7 Å². The van der Waals surface area contributed by atoms with Crippen LogP contribution in [0.2, 0.25) is 0 Å². The molecule has 0 atom stereocenters. The van der Waals surface area contributed by atoms with E-state index in [4.69, 9.17) is 4.74 Å². The third-order valence-corrected chi connectivity index (χ3v) is 3.37. The lowest BCUT2D eigenvalue weighted by atomic mass is 10.1. The minimum atomic E-state index is -0.385. The van der Waals surface area contributed by atoms with Crippen molar-refractivity contribution in [1.82, 2.24) is 4.98 Å². The van der Waals surface area contributed by atoms with E-state index < -0.39 is 0 Å². The predicted molar refractivity (Wildman–Crippen MR) is 81.7 cm³/mol. The molecule has 4 nitrogen and oxygen atoms in total. The maximum absolute atomic E-state index is 11.9. The summed E-state index contributed by atoms with van der Waals surface area (Å²) in [6, 6.07) is 10.7. The fraction of sp³-hybridized carbons (Fsp3) is 0.188. The highest BCUT2D eigenvalue weighted by Crippen LogP contribution is 2.13. The number of pyridine rings is 1. The summed E-state index contributed by atoms with van der Waals surface area (Å²) < 4.78 is 6.01. The van der Waals surface area contributed by atoms with Crippen LogP contribution >= 0.6 is 15.9 Å². The van der Waals surface area contributed by atoms with Crippen LogP contribution in [0.5, 0.6) is 0 Å². The first-order valence-electron chi connectivity index (χ1n) is 6.48. The quantitative estimate of drug-likeness (QED) is 0.592. The number of carbonyl (C=O) groups is 2. The zero-order chi connectivity index (χ0) is 15.1. The van der Waals surface area contributed by atoms with Gasteiger partial charge in [0, 0.05) is 34.4 Å². The van der Waals surface area contributed by atoms with Gasteiger partial charge in [-0.25, -0.2) is 0 Å². The highest BCUT2D eigenvalue weighted by Gasteiger charge is 2.10. The molecule has 2 rings (SSSR count). The second kappa shape index (κ2) is 7.69. The van der Waals surface area contributed by atoms with E-state index in [1.165, 1.54) is 0 Å². The zero-order valence-electron chi connectivity index (χ0n) is 11.3. The van der Waals surface area contributed by atoms with Gasteiger partial charge >= 0.3 is 5.97 Å². The Labute approximate surface area is 131 Å². The minimum absolute atomic E-state index is 0.0687. The Kier molecular flexibility index (Phi) is 5.63. The lowest BCUT2D eigenvalue weighted by Crippen LogP contribution is -2.08. The lowest BCUT2D eigenvalue weighted by Gasteiger charge is -2.04. The summed E-state index contributed by atoms with van der Waals surface area (Å²) in [7, 11) is 0. The number of ether oxygens (including phenoxy) is 1. The van der Waals surface area contributed by atoms with Crippen LogP contribution in [0.25, 0.3) is 0 Å². The smallest absolute Gasteiger partial charge is 0.306 e. The molecule has 5 heteroatoms. The van der Waals surface area contributed by atoms with E-state index in [1.54, 1.807) is 42.7 Å². The third-order valence-electron chi connectivity index (χ3n) is 2.84. The molecule has 0 saturated heterocycles. The van der Waals surface area contributed by atoms with Gasteiger partial charge in [-0.3, -0.25) is 14.6 Å². The molecule has 0 fully saturated rings. The first-order chi connectivity index (χ1) is 10.1. The van der Waals surface area contributed by atoms with Crippen LogP contribution in [0.4, 0.5) is 0 Å². The monoisotopic (exact) mass is 347 g/mol. The fourth-order valence-electron chi connectivity index (χ4n) is 1.72. The van der Waals surface area contributed by atoms with E-state index in [0.29, 0.717) is 5.56 Å². The number of rotatable bonds is 6. The number of esters is 1. The highest BCUT2D eigenvalue weighted by molar-refractivity contribution is 9.10. The van der Waals surface area contributed by atoms with Gasteiger partial charge in [-0.15, -0.1) is 0 Å². The number of carbonyl (C=O) groups excluding carboxylic acids is 2. The number of aromatic nitrogens is 1. The van der Waals surface area contributed by atoms with Crippen molar-refractivity contribution in [2.75, 3.05) is 0 Å². The number of Topliss-reactive ketones (excluding diaryl/α,β-unsaturated/α-hetero) is 1. The molecule has 0 N–H and O–H groups in total. The second-order valence-corrected chi connectivity index (χ2v) is 5.37. The molecular weight excluding hydrogens is 334 g/mol. The fourth-order valence-corrected chi connectivity index (χ4v) is 1.98. The van der Waals surface area contributed by atoms with Crippen molar-refractivity contribution >= 4 is 27.7 Å². The molecule has 1 aromatic heterocycles. The normalized spacial score (nSPS) is 10.1. The Hall–Kier alpha value is -2.01. The number of hydrogen-bond acceptors (Lipinski definition) is 4. The summed E-state index contributed by atoms with van der Waals surface area (Å²) >= 11 is 3.31. The van der Waals surface area contributed by atoms with Crippen molar-refractivity contribution in [3.05, 3.63) is 64.4 Å². The third kappa shape index (κ3) is 5.11. The zero-order valence-corrected chi connectivity index (χ0v) is 12.9. The van der Waals surface area contributed by atoms with Crippen LogP contribution in [0.1, 0.15) is 28.8 Å². The van der Waals surface area contributed by atoms with Crippen molar-refractivity contribution in [2.45, 2.75) is 19.4 Å². The molecule has 1 heterocycles. The second-order valence-electron chi connectivity index (χ2n) is 4.45. The molecule has 0 amide bonds. The van der Waals surface area contributed by atoms with E-state index in [9.17, 15) is 9.59 Å². The Bertz CT molecular complexity index is 611. The Morgan fingerprint density at radius 3 is 2.52 bits per heavy atom. The van der Waals surface area contributed by atoms with Crippen LogP contribution in [0.15, 0.2) is 53.3 Å². The van der Waals surface area contributed by atoms with E-state index in [0.717, 1.165) is 10.0 Å². The van der Waals surface area contributed by atoms with Crippen molar-refractivity contribution in [3.63, 3.8) is 0 Å². The van der Waals surface area contributed by atoms with Gasteiger partial charge in [0.2, 0.25) is 0 Å². The largest absolute Gasteiger partial charge is 0.461 e. The van der Waals surface area contributed by atoms with Crippen molar-refractivity contribution < 1.29 is 14.3 Å². The van der Waals surface area contributed by atoms with Crippen molar-refractivity contribution in [2.24, 2.45) is 0 Å². The summed E-state index contributed by atoms with van der Waals surface area (Å²) in [6.07, 6.45) is 3.52. The van der Waals surface area contributed by atoms with Crippen molar-refractivity contribution in [3.8, 4) is 0 Å². The van der Waals surface area contributed by atoms with Crippen LogP contribution < -0.4 is 0 Å². The average molecular weight is 348 g/mol. The summed E-state index contributed by atoms with van der Waals surface area (Å²) in [5.74, 6) is -0.454. The molecule has 0 spiro atoms. The predicted octanol–water partition coefficient (Wildman–Crippen LogP) is 3.55. The van der Waals surface area contributed by atoms with Gasteiger partial charge in [-0.2, -0.15) is 0 Å². The molecule has 0 aliphatic heterocycles. The van der Waals surface area contributed by atoms with Gasteiger partial charge in [0.15, 0.2) is 5.78 Å². The molecule has 108 valence electrons. The number of halogens is 1. The summed E-state index contributed by atoms with van der Waals surface area (Å²) in [5, 5.41) is 0. The van der Waals surface area contributed by atoms with Crippen molar-refractivity contribution in [1.29, 1.82) is 0 Å². The minimum Gasteiger partial charge on any atom is -0.461 e. The van der Waals surface area contributed by atoms with Gasteiger partial charge in [0.05, 0.1) is 6.42 Å². The van der Waals surface area contributed by atoms with Gasteiger partial charge < -0.3 is 4.74 Å². The SMILES string of the molecule is O=C(CCC(=O)c1ccc(Br)cc1)OCc1cccnc1. The summed E-state index contributed by atoms with van der Waals surface area (Å²) in [4.78, 5) is 27.4. The summed E-state index contributed by atoms with van der Waals surface area (Å²) in [6.45, 7) is 0.180. The molecule has 2 aromatic rings. The van der Waals surface area contributed by atoms with Crippen LogP contribution in [0, 0.1) is 0 Å². The molecule has 0 aliphatic carbocycles. The summed E-state index contributed by atoms with van der Waals surface area (Å²) in [5.41, 5.74) is 1.42. The standard InChI is InChI=1S/C16H14BrNO3/c17-14-5-3-13(4-6-14)15(19)7-8-16(20)21-11-12-2-1-9-18-10-12/h1-6,9-10H,7-8,11H2. The van der Waals surface area contributed by atoms with E-state index in [-0.39, 0.29) is 31.2 Å². The van der Waals surface area contributed by atoms with Gasteiger partial charge in [-0.1, -0.05) is 34.1 Å². The molecule has 0 bridgehead atoms. The number of nitrogens with zero attached hydrogens (tertiary/aromatic N) is 1. The molecular formula is C16H14BrNO3. The molecule has 1 aromatic carbocycles. The highest BCUT2D eigenvalue weighted by atomic mass is 79.9. The first-order valence-corrected chi connectivity index (χ1v) is 7.28. The van der Waals surface area contributed by atoms with Gasteiger partial charge in [-0.05, 0) is 18.2 Å². The maximum Gasteiger partial charge on any atom is 0.306 e. The van der Waals surface area contributed by atoms with E-state index >= 15 is 0 Å². The topological polar surface area (TPSA) is 56.3 Å². The van der Waals surface area contributed by atoms with Gasteiger partial charge in [0.25, 0.3) is 0 Å². The van der Waals surface area contributed by atoms with Gasteiger partial charge in [0.1, 0.15) is 6.61 Å². The molecule has 21 heavy (non-hydrogen) atoms. The molecule has 0 radical (unpaired) electrons. The Morgan fingerprint density at radius 2 is 1.86 bits per heavy atom. The Balaban J connectivity index is 1.76. The number of benzene rings is 1. The lowest BCUT2D eigenvalue weighted by molar-refractivity contribution is -0.144. The van der Waals surface area contributed by atoms with E-state index in [2.05, 4.69) is 20.9 Å². The Morgan fingerprint density at radius 1 is 1.10 bits per heavy atom. The van der Waals surface area contributed by atoms with Crippen LogP contribution in [-0.2, 0) is 16.1 Å². The average Bonchev–Trinajstić information content (AvgIpc) is 2.52. The molecule has 0 saturated carbocycles. The molecule has 0 unspecified atom stereocenters. The maximum atomic E-state index is 11.9. The number of ketones is 1.